The van der Waals surface area contributed by atoms with Crippen molar-refractivity contribution in [1.82, 2.24) is 10.6 Å². The minimum Gasteiger partial charge on any atom is -0.493 e. The molecule has 2 unspecified atom stereocenters. The van der Waals surface area contributed by atoms with Crippen molar-refractivity contribution < 1.29 is 27.8 Å². The second kappa shape index (κ2) is 10.8. The van der Waals surface area contributed by atoms with Crippen molar-refractivity contribution in [2.45, 2.75) is 63.2 Å². The van der Waals surface area contributed by atoms with Crippen molar-refractivity contribution in [2.24, 2.45) is 0 Å². The van der Waals surface area contributed by atoms with E-state index in [-0.39, 0.29) is 0 Å². The smallest absolute Gasteiger partial charge is 0.490 e. The summed E-state index contributed by atoms with van der Waals surface area (Å²) in [6.45, 7) is 2.88. The molecular formula is C26H31F3N2O3. The summed E-state index contributed by atoms with van der Waals surface area (Å²) in [4.78, 5) is 8.90. The predicted octanol–water partition coefficient (Wildman–Crippen LogP) is 4.89. The topological polar surface area (TPSA) is 70.6 Å². The van der Waals surface area contributed by atoms with Crippen molar-refractivity contribution >= 4 is 5.97 Å². The van der Waals surface area contributed by atoms with Gasteiger partial charge in [-0.05, 0) is 79.8 Å². The molecule has 8 heteroatoms. The molecule has 2 atom stereocenters. The van der Waals surface area contributed by atoms with E-state index in [1.165, 1.54) is 47.9 Å². The third kappa shape index (κ3) is 5.91. The molecular weight excluding hydrogens is 445 g/mol. The van der Waals surface area contributed by atoms with Gasteiger partial charge < -0.3 is 20.5 Å². The quantitative estimate of drug-likeness (QED) is 0.589. The van der Waals surface area contributed by atoms with Crippen LogP contribution in [0.5, 0.6) is 5.75 Å². The molecule has 0 aromatic heterocycles. The van der Waals surface area contributed by atoms with Gasteiger partial charge in [-0.2, -0.15) is 13.2 Å². The number of carbonyl (C=O) groups is 1. The fourth-order valence-electron chi connectivity index (χ4n) is 5.05. The zero-order valence-corrected chi connectivity index (χ0v) is 19.1. The third-order valence-corrected chi connectivity index (χ3v) is 6.77. The summed E-state index contributed by atoms with van der Waals surface area (Å²) in [6, 6.07) is 14.5. The zero-order valence-electron chi connectivity index (χ0n) is 19.1. The van der Waals surface area contributed by atoms with Crippen molar-refractivity contribution in [1.29, 1.82) is 0 Å². The summed E-state index contributed by atoms with van der Waals surface area (Å²) in [7, 11) is 0. The lowest BCUT2D eigenvalue weighted by molar-refractivity contribution is -0.192. The lowest BCUT2D eigenvalue weighted by Crippen LogP contribution is -2.38. The van der Waals surface area contributed by atoms with Gasteiger partial charge in [-0.25, -0.2) is 4.79 Å². The first-order valence-electron chi connectivity index (χ1n) is 12.0. The fraction of sp³-hybridized carbons (Fsp3) is 0.500. The first kappa shape index (κ1) is 24.5. The van der Waals surface area contributed by atoms with E-state index in [4.69, 9.17) is 14.6 Å². The Morgan fingerprint density at radius 2 is 1.74 bits per heavy atom. The molecule has 2 aliphatic heterocycles. The number of carboxylic acids is 1. The molecule has 2 aromatic carbocycles. The lowest BCUT2D eigenvalue weighted by Gasteiger charge is -2.29. The molecule has 0 amide bonds. The number of aliphatic carboxylic acids is 1. The summed E-state index contributed by atoms with van der Waals surface area (Å²) >= 11 is 0. The molecule has 0 radical (unpaired) electrons. The maximum absolute atomic E-state index is 10.6. The first-order valence-corrected chi connectivity index (χ1v) is 12.0. The van der Waals surface area contributed by atoms with E-state index in [9.17, 15) is 13.2 Å². The number of fused-ring (bicyclic) bond motifs is 3. The largest absolute Gasteiger partial charge is 0.493 e. The fourth-order valence-corrected chi connectivity index (χ4v) is 5.05. The normalized spacial score (nSPS) is 21.5. The number of hydrogen-bond acceptors (Lipinski definition) is 4. The Hall–Kier alpha value is -2.58. The summed E-state index contributed by atoms with van der Waals surface area (Å²) in [5, 5.41) is 14.7. The van der Waals surface area contributed by atoms with Crippen molar-refractivity contribution in [2.75, 3.05) is 19.7 Å². The molecule has 0 saturated carbocycles. The number of ether oxygens (including phenoxy) is 1. The zero-order chi connectivity index (χ0) is 24.1. The molecule has 3 aliphatic rings. The first-order chi connectivity index (χ1) is 16.3. The SMILES string of the molecule is O=C(O)C(F)(F)F.c1ccc2c(c1)CCNC2CNC1CCCOc2cc3c(cc21)CCCC3. The number of carboxylic acid groups (broad SMARTS) is 1. The molecule has 0 bridgehead atoms. The van der Waals surface area contributed by atoms with E-state index in [2.05, 4.69) is 47.0 Å². The van der Waals surface area contributed by atoms with Gasteiger partial charge in [-0.15, -0.1) is 0 Å². The van der Waals surface area contributed by atoms with Gasteiger partial charge in [0, 0.05) is 24.2 Å². The van der Waals surface area contributed by atoms with Gasteiger partial charge in [0.05, 0.1) is 6.61 Å². The maximum Gasteiger partial charge on any atom is 0.490 e. The summed E-state index contributed by atoms with van der Waals surface area (Å²) in [6.07, 6.45) is 3.41. The Morgan fingerprint density at radius 3 is 2.47 bits per heavy atom. The molecule has 0 fully saturated rings. The number of benzene rings is 2. The highest BCUT2D eigenvalue weighted by atomic mass is 19.4. The van der Waals surface area contributed by atoms with Crippen LogP contribution in [0.2, 0.25) is 0 Å². The summed E-state index contributed by atoms with van der Waals surface area (Å²) in [5.74, 6) is -1.63. The molecule has 3 N–H and O–H groups in total. The van der Waals surface area contributed by atoms with Crippen LogP contribution in [0.15, 0.2) is 36.4 Å². The van der Waals surface area contributed by atoms with E-state index in [0.29, 0.717) is 12.1 Å². The van der Waals surface area contributed by atoms with Crippen LogP contribution >= 0.6 is 0 Å². The molecule has 1 aliphatic carbocycles. The van der Waals surface area contributed by atoms with Gasteiger partial charge in [0.1, 0.15) is 5.75 Å². The van der Waals surface area contributed by atoms with Crippen LogP contribution in [-0.2, 0) is 24.1 Å². The highest BCUT2D eigenvalue weighted by Crippen LogP contribution is 2.36. The molecule has 184 valence electrons. The lowest BCUT2D eigenvalue weighted by atomic mass is 9.88. The van der Waals surface area contributed by atoms with Gasteiger partial charge >= 0.3 is 12.1 Å². The molecule has 2 aromatic rings. The van der Waals surface area contributed by atoms with Crippen molar-refractivity contribution in [3.63, 3.8) is 0 Å². The minimum atomic E-state index is -5.08. The molecule has 5 rings (SSSR count). The van der Waals surface area contributed by atoms with E-state index >= 15 is 0 Å². The van der Waals surface area contributed by atoms with Crippen LogP contribution in [0.4, 0.5) is 13.2 Å². The van der Waals surface area contributed by atoms with Crippen LogP contribution in [0.1, 0.15) is 65.6 Å². The maximum atomic E-state index is 10.6. The summed E-state index contributed by atoms with van der Waals surface area (Å²) in [5.41, 5.74) is 7.42. The van der Waals surface area contributed by atoms with Crippen LogP contribution < -0.4 is 15.4 Å². The third-order valence-electron chi connectivity index (χ3n) is 6.77. The molecule has 0 saturated heterocycles. The van der Waals surface area contributed by atoms with Crippen LogP contribution in [0.25, 0.3) is 0 Å². The number of halogens is 3. The second-order valence-electron chi connectivity index (χ2n) is 9.08. The number of hydrogen-bond donors (Lipinski definition) is 3. The Bertz CT molecular complexity index is 1010. The molecule has 34 heavy (non-hydrogen) atoms. The van der Waals surface area contributed by atoms with Gasteiger partial charge in [-0.3, -0.25) is 0 Å². The second-order valence-corrected chi connectivity index (χ2v) is 9.08. The van der Waals surface area contributed by atoms with Crippen LogP contribution in [0, 0.1) is 0 Å². The Labute approximate surface area is 197 Å². The van der Waals surface area contributed by atoms with E-state index in [1.54, 1.807) is 5.56 Å². The Balaban J connectivity index is 0.000000344. The average molecular weight is 477 g/mol. The number of rotatable bonds is 3. The molecule has 5 nitrogen and oxygen atoms in total. The summed E-state index contributed by atoms with van der Waals surface area (Å²) < 4.78 is 37.9. The van der Waals surface area contributed by atoms with Crippen LogP contribution in [0.3, 0.4) is 0 Å². The number of aryl methyl sites for hydroxylation is 2. The van der Waals surface area contributed by atoms with Gasteiger partial charge in [0.25, 0.3) is 0 Å². The minimum absolute atomic E-state index is 0.394. The van der Waals surface area contributed by atoms with Crippen LogP contribution in [-0.4, -0.2) is 36.9 Å². The number of alkyl halides is 3. The van der Waals surface area contributed by atoms with Crippen molar-refractivity contribution in [3.05, 3.63) is 64.2 Å². The highest BCUT2D eigenvalue weighted by Gasteiger charge is 2.38. The average Bonchev–Trinajstić information content (AvgIpc) is 3.02. The predicted molar refractivity (Wildman–Crippen MR) is 123 cm³/mol. The van der Waals surface area contributed by atoms with E-state index < -0.39 is 12.1 Å². The van der Waals surface area contributed by atoms with E-state index in [1.807, 2.05) is 0 Å². The molecule has 2 heterocycles. The number of nitrogens with one attached hydrogen (secondary N) is 2. The standard InChI is InChI=1S/C24H30N2O.C2HF3O2/c1-2-8-19-15-24-21(14-18(19)7-1)22(10-5-13-27-24)26-16-23-20-9-4-3-6-17(20)11-12-25-23;3-2(4,5)1(6)7/h3-4,6,9,14-15,22-23,25-26H,1-2,5,7-8,10-13,16H2;(H,6,7). The Kier molecular flexibility index (Phi) is 7.78. The van der Waals surface area contributed by atoms with Gasteiger partial charge in [-0.1, -0.05) is 30.3 Å². The highest BCUT2D eigenvalue weighted by molar-refractivity contribution is 5.73. The Morgan fingerprint density at radius 1 is 1.03 bits per heavy atom. The van der Waals surface area contributed by atoms with Crippen molar-refractivity contribution in [3.8, 4) is 5.75 Å². The molecule has 0 spiro atoms. The monoisotopic (exact) mass is 476 g/mol. The van der Waals surface area contributed by atoms with E-state index in [0.717, 1.165) is 44.7 Å². The van der Waals surface area contributed by atoms with Gasteiger partial charge in [0.2, 0.25) is 0 Å². The van der Waals surface area contributed by atoms with Gasteiger partial charge in [0.15, 0.2) is 0 Å².